The Balaban J connectivity index is 1.49. The van der Waals surface area contributed by atoms with Gasteiger partial charge in [-0.2, -0.15) is 0 Å². The van der Waals surface area contributed by atoms with Gasteiger partial charge in [-0.15, -0.1) is 0 Å². The zero-order chi connectivity index (χ0) is 17.8. The summed E-state index contributed by atoms with van der Waals surface area (Å²) >= 11 is 0. The highest BCUT2D eigenvalue weighted by molar-refractivity contribution is 5.97. The first-order chi connectivity index (χ1) is 12.6. The van der Waals surface area contributed by atoms with Crippen molar-refractivity contribution in [3.63, 3.8) is 0 Å². The van der Waals surface area contributed by atoms with Gasteiger partial charge in [0.2, 0.25) is 0 Å². The number of piperidine rings is 1. The Bertz CT molecular complexity index is 1020. The molecule has 1 saturated heterocycles. The van der Waals surface area contributed by atoms with Crippen LogP contribution in [0.5, 0.6) is 5.75 Å². The van der Waals surface area contributed by atoms with Crippen molar-refractivity contribution in [3.05, 3.63) is 58.9 Å². The molecule has 1 aromatic heterocycles. The number of hydrogen-bond acceptors (Lipinski definition) is 3. The number of aryl methyl sites for hydroxylation is 1. The second-order valence-electron chi connectivity index (χ2n) is 7.49. The summed E-state index contributed by atoms with van der Waals surface area (Å²) in [5.41, 5.74) is 5.86. The fourth-order valence-electron chi connectivity index (χ4n) is 4.67. The molecule has 2 heterocycles. The fraction of sp³-hybridized carbons (Fsp3) is 0.333. The van der Waals surface area contributed by atoms with E-state index in [1.807, 2.05) is 36.1 Å². The molecule has 5 rings (SSSR count). The van der Waals surface area contributed by atoms with Gasteiger partial charge >= 0.3 is 0 Å². The molecule has 3 aromatic rings. The Hall–Kier alpha value is -2.82. The fourth-order valence-corrected chi connectivity index (χ4v) is 4.67. The lowest BCUT2D eigenvalue weighted by atomic mass is 9.88. The topological polar surface area (TPSA) is 69.2 Å². The molecule has 0 saturated carbocycles. The van der Waals surface area contributed by atoms with Crippen LogP contribution in [0.2, 0.25) is 0 Å². The van der Waals surface area contributed by atoms with Crippen molar-refractivity contribution in [1.82, 2.24) is 14.9 Å². The molecule has 26 heavy (non-hydrogen) atoms. The van der Waals surface area contributed by atoms with Crippen molar-refractivity contribution in [3.8, 4) is 5.75 Å². The van der Waals surface area contributed by atoms with Crippen molar-refractivity contribution in [2.75, 3.05) is 6.54 Å². The van der Waals surface area contributed by atoms with E-state index in [0.717, 1.165) is 42.4 Å². The van der Waals surface area contributed by atoms with Gasteiger partial charge in [0.05, 0.1) is 17.4 Å². The molecule has 1 aliphatic heterocycles. The number of imidazole rings is 1. The van der Waals surface area contributed by atoms with Gasteiger partial charge in [-0.05, 0) is 67.1 Å². The molecule has 0 bridgehead atoms. The molecule has 1 fully saturated rings. The lowest BCUT2D eigenvalue weighted by molar-refractivity contribution is 0.0595. The molecule has 2 N–H and O–H groups in total. The molecule has 0 spiro atoms. The van der Waals surface area contributed by atoms with Gasteiger partial charge in [-0.3, -0.25) is 4.79 Å². The van der Waals surface area contributed by atoms with Crippen molar-refractivity contribution in [2.24, 2.45) is 0 Å². The van der Waals surface area contributed by atoms with Crippen LogP contribution in [-0.4, -0.2) is 38.5 Å². The standard InChI is InChI=1S/C21H21N3O2/c1-12-7-14-9-19-15(16(14)10-20(12)25)3-2-6-24(19)21(26)13-4-5-17-18(8-13)23-11-22-17/h4-5,7-8,10-11,15,19,25H,2-3,6,9H2,1H3,(H,22,23)/t15-,19+/m1/s1. The maximum atomic E-state index is 13.2. The third kappa shape index (κ3) is 2.23. The third-order valence-electron chi connectivity index (χ3n) is 5.99. The highest BCUT2D eigenvalue weighted by Gasteiger charge is 2.41. The van der Waals surface area contributed by atoms with Gasteiger partial charge in [0, 0.05) is 24.1 Å². The van der Waals surface area contributed by atoms with Crippen LogP contribution in [0, 0.1) is 6.92 Å². The largest absolute Gasteiger partial charge is 0.508 e. The first-order valence-corrected chi connectivity index (χ1v) is 9.18. The number of rotatable bonds is 1. The normalized spacial score (nSPS) is 21.7. The van der Waals surface area contributed by atoms with Gasteiger partial charge in [-0.1, -0.05) is 6.07 Å². The van der Waals surface area contributed by atoms with Crippen LogP contribution >= 0.6 is 0 Å². The predicted octanol–water partition coefficient (Wildman–Crippen LogP) is 3.52. The van der Waals surface area contributed by atoms with Crippen LogP contribution in [-0.2, 0) is 6.42 Å². The zero-order valence-corrected chi connectivity index (χ0v) is 14.7. The number of aromatic hydroxyl groups is 1. The maximum absolute atomic E-state index is 13.2. The number of H-pyrrole nitrogens is 1. The van der Waals surface area contributed by atoms with Crippen LogP contribution in [0.15, 0.2) is 36.7 Å². The molecule has 0 radical (unpaired) electrons. The average Bonchev–Trinajstić information content (AvgIpc) is 3.25. The molecule has 5 heteroatoms. The highest BCUT2D eigenvalue weighted by atomic mass is 16.3. The molecule has 2 aliphatic rings. The Morgan fingerprint density at radius 2 is 2.19 bits per heavy atom. The molecule has 1 amide bonds. The smallest absolute Gasteiger partial charge is 0.254 e. The van der Waals surface area contributed by atoms with Crippen LogP contribution < -0.4 is 0 Å². The first kappa shape index (κ1) is 15.4. The minimum absolute atomic E-state index is 0.0818. The number of benzene rings is 2. The number of nitrogens with one attached hydrogen (secondary N) is 1. The second kappa shape index (κ2) is 5.59. The molecule has 1 aliphatic carbocycles. The summed E-state index contributed by atoms with van der Waals surface area (Å²) in [4.78, 5) is 22.6. The summed E-state index contributed by atoms with van der Waals surface area (Å²) in [6.07, 6.45) is 4.59. The van der Waals surface area contributed by atoms with Crippen LogP contribution in [0.25, 0.3) is 11.0 Å². The summed E-state index contributed by atoms with van der Waals surface area (Å²) in [6, 6.07) is 9.85. The Morgan fingerprint density at radius 3 is 3.08 bits per heavy atom. The summed E-state index contributed by atoms with van der Waals surface area (Å²) in [6.45, 7) is 2.72. The molecule has 0 unspecified atom stereocenters. The lowest BCUT2D eigenvalue weighted by Gasteiger charge is -2.38. The van der Waals surface area contributed by atoms with E-state index >= 15 is 0 Å². The number of aromatic amines is 1. The summed E-state index contributed by atoms with van der Waals surface area (Å²) < 4.78 is 0. The van der Waals surface area contributed by atoms with Crippen molar-refractivity contribution >= 4 is 16.9 Å². The van der Waals surface area contributed by atoms with E-state index in [1.165, 1.54) is 11.1 Å². The van der Waals surface area contributed by atoms with E-state index in [9.17, 15) is 9.90 Å². The van der Waals surface area contributed by atoms with Gasteiger partial charge in [0.15, 0.2) is 0 Å². The third-order valence-corrected chi connectivity index (χ3v) is 5.99. The van der Waals surface area contributed by atoms with E-state index in [-0.39, 0.29) is 11.9 Å². The molecule has 2 atom stereocenters. The Kier molecular flexibility index (Phi) is 3.32. The van der Waals surface area contributed by atoms with E-state index in [0.29, 0.717) is 17.2 Å². The lowest BCUT2D eigenvalue weighted by Crippen LogP contribution is -2.46. The van der Waals surface area contributed by atoms with Crippen LogP contribution in [0.1, 0.15) is 45.8 Å². The van der Waals surface area contributed by atoms with Gasteiger partial charge in [-0.25, -0.2) is 4.98 Å². The number of amides is 1. The number of carbonyl (C=O) groups is 1. The minimum Gasteiger partial charge on any atom is -0.508 e. The Morgan fingerprint density at radius 1 is 1.31 bits per heavy atom. The van der Waals surface area contributed by atoms with Gasteiger partial charge in [0.25, 0.3) is 5.91 Å². The SMILES string of the molecule is Cc1cc2c(cc1O)[C@H]1CCCN(C(=O)c3ccc4[nH]cnc4c3)[C@H]1C2. The molecule has 2 aromatic carbocycles. The van der Waals surface area contributed by atoms with Crippen molar-refractivity contribution < 1.29 is 9.90 Å². The number of hydrogen-bond donors (Lipinski definition) is 2. The summed E-state index contributed by atoms with van der Waals surface area (Å²) in [7, 11) is 0. The van der Waals surface area contributed by atoms with Gasteiger partial charge < -0.3 is 15.0 Å². The minimum atomic E-state index is 0.0818. The first-order valence-electron chi connectivity index (χ1n) is 9.18. The molecule has 5 nitrogen and oxygen atoms in total. The highest BCUT2D eigenvalue weighted by Crippen LogP contribution is 2.44. The zero-order valence-electron chi connectivity index (χ0n) is 14.7. The number of likely N-dealkylation sites (tertiary alicyclic amines) is 1. The number of carbonyl (C=O) groups excluding carboxylic acids is 1. The maximum Gasteiger partial charge on any atom is 0.254 e. The van der Waals surface area contributed by atoms with Crippen molar-refractivity contribution in [2.45, 2.75) is 38.1 Å². The monoisotopic (exact) mass is 347 g/mol. The number of aromatic nitrogens is 2. The van der Waals surface area contributed by atoms with Crippen molar-refractivity contribution in [1.29, 1.82) is 0 Å². The predicted molar refractivity (Wildman–Crippen MR) is 99.4 cm³/mol. The number of nitrogens with zero attached hydrogens (tertiary/aromatic N) is 2. The quantitative estimate of drug-likeness (QED) is 0.708. The average molecular weight is 347 g/mol. The molecular formula is C21H21N3O2. The van der Waals surface area contributed by atoms with Gasteiger partial charge in [0.1, 0.15) is 5.75 Å². The summed E-state index contributed by atoms with van der Waals surface area (Å²) in [5.74, 6) is 0.762. The summed E-state index contributed by atoms with van der Waals surface area (Å²) in [5, 5.41) is 10.1. The number of fused-ring (bicyclic) bond motifs is 4. The number of phenolic OH excluding ortho intramolecular Hbond substituents is 1. The van der Waals surface area contributed by atoms with E-state index in [1.54, 1.807) is 6.33 Å². The van der Waals surface area contributed by atoms with E-state index in [2.05, 4.69) is 16.0 Å². The van der Waals surface area contributed by atoms with Crippen LogP contribution in [0.3, 0.4) is 0 Å². The number of phenols is 1. The second-order valence-corrected chi connectivity index (χ2v) is 7.49. The Labute approximate surface area is 151 Å². The van der Waals surface area contributed by atoms with E-state index in [4.69, 9.17) is 0 Å². The molecular weight excluding hydrogens is 326 g/mol. The molecule has 132 valence electrons. The van der Waals surface area contributed by atoms with E-state index < -0.39 is 0 Å². The van der Waals surface area contributed by atoms with Crippen LogP contribution in [0.4, 0.5) is 0 Å².